The molecule has 0 atom stereocenters. The number of nitrogens with zero attached hydrogens (tertiary/aromatic N) is 1. The number of rotatable bonds is 9. The van der Waals surface area contributed by atoms with Crippen molar-refractivity contribution >= 4 is 30.3 Å². The number of allylic oxidation sites excluding steroid dienone is 3. The zero-order chi connectivity index (χ0) is 20.2. The van der Waals surface area contributed by atoms with E-state index in [2.05, 4.69) is 11.2 Å². The van der Waals surface area contributed by atoms with Gasteiger partial charge >= 0.3 is 13.6 Å². The summed E-state index contributed by atoms with van der Waals surface area (Å²) in [5.74, 6) is -0.784. The summed E-state index contributed by atoms with van der Waals surface area (Å²) in [7, 11) is -4.32. The Morgan fingerprint density at radius 2 is 1.96 bits per heavy atom. The predicted molar refractivity (Wildman–Crippen MR) is 106 cm³/mol. The molecule has 27 heavy (non-hydrogen) atoms. The number of fused-ring (bicyclic) bond motifs is 1. The van der Waals surface area contributed by atoms with E-state index in [1.165, 1.54) is 6.07 Å². The molecule has 0 amide bonds. The van der Waals surface area contributed by atoms with Crippen molar-refractivity contribution in [1.29, 1.82) is 0 Å². The van der Waals surface area contributed by atoms with Gasteiger partial charge < -0.3 is 14.9 Å². The van der Waals surface area contributed by atoms with Crippen molar-refractivity contribution in [1.82, 2.24) is 0 Å². The van der Waals surface area contributed by atoms with Crippen LogP contribution in [0.2, 0.25) is 0 Å². The minimum absolute atomic E-state index is 0.0182. The van der Waals surface area contributed by atoms with Gasteiger partial charge in [-0.05, 0) is 38.8 Å². The fourth-order valence-electron chi connectivity index (χ4n) is 3.47. The zero-order valence-electron chi connectivity index (χ0n) is 15.8. The van der Waals surface area contributed by atoms with E-state index in [-0.39, 0.29) is 11.7 Å². The molecule has 7 heteroatoms. The fraction of sp³-hybridized carbons (Fsp3) is 0.400. The van der Waals surface area contributed by atoms with Gasteiger partial charge in [0.1, 0.15) is 6.54 Å². The maximum Gasteiger partial charge on any atom is 0.356 e. The molecule has 1 aliphatic heterocycles. The lowest BCUT2D eigenvalue weighted by Crippen LogP contribution is -2.28. The molecule has 0 aliphatic carbocycles. The Kier molecular flexibility index (Phi) is 6.58. The molecular formula is C20H27NO5P+. The van der Waals surface area contributed by atoms with Crippen LogP contribution in [0.4, 0.5) is 5.69 Å². The van der Waals surface area contributed by atoms with E-state index in [1.807, 2.05) is 26.0 Å². The normalized spacial score (nSPS) is 16.0. The van der Waals surface area contributed by atoms with Crippen molar-refractivity contribution in [3.05, 3.63) is 48.6 Å². The lowest BCUT2D eigenvalue weighted by Gasteiger charge is -2.16. The molecular weight excluding hydrogens is 365 g/mol. The molecule has 0 saturated heterocycles. The zero-order valence-corrected chi connectivity index (χ0v) is 16.7. The molecule has 0 radical (unpaired) electrons. The number of carboxylic acid groups (broad SMARTS) is 1. The maximum absolute atomic E-state index is 11.7. The van der Waals surface area contributed by atoms with Crippen molar-refractivity contribution in [3.8, 4) is 0 Å². The third-order valence-corrected chi connectivity index (χ3v) is 5.83. The first kappa shape index (κ1) is 21.3. The number of unbranched alkanes of at least 4 members (excludes halogenated alkanes) is 2. The second-order valence-electron chi connectivity index (χ2n) is 7.21. The highest BCUT2D eigenvalue weighted by Gasteiger charge is 2.44. The van der Waals surface area contributed by atoms with Gasteiger partial charge in [0, 0.05) is 30.5 Å². The van der Waals surface area contributed by atoms with Crippen molar-refractivity contribution < 1.29 is 28.8 Å². The van der Waals surface area contributed by atoms with Gasteiger partial charge in [-0.2, -0.15) is 4.58 Å². The van der Waals surface area contributed by atoms with Crippen LogP contribution in [-0.4, -0.2) is 37.7 Å². The van der Waals surface area contributed by atoms with E-state index >= 15 is 0 Å². The molecule has 2 rings (SSSR count). The lowest BCUT2D eigenvalue weighted by atomic mass is 9.81. The Morgan fingerprint density at radius 3 is 2.56 bits per heavy atom. The van der Waals surface area contributed by atoms with E-state index in [1.54, 1.807) is 18.2 Å². The molecule has 0 unspecified atom stereocenters. The Morgan fingerprint density at radius 1 is 1.26 bits per heavy atom. The summed E-state index contributed by atoms with van der Waals surface area (Å²) >= 11 is 0. The molecule has 1 heterocycles. The van der Waals surface area contributed by atoms with Gasteiger partial charge in [-0.1, -0.05) is 18.7 Å². The minimum atomic E-state index is -4.32. The lowest BCUT2D eigenvalue weighted by molar-refractivity contribution is -0.438. The monoisotopic (exact) mass is 392 g/mol. The molecule has 0 bridgehead atoms. The standard InChI is InChI=1S/C20H26NO5P/c1-4-5-9-18-20(2,3)16-14-15(27(24,25)26)11-12-17(16)21(18)13-8-6-7-10-19(22)23/h4-5,9,11-12,14H,1,6-8,10,13H2,2-3H3,(H2-,22,23,24,25,26)/p+1/b9-5+. The van der Waals surface area contributed by atoms with Crippen molar-refractivity contribution in [3.63, 3.8) is 0 Å². The first-order valence-corrected chi connectivity index (χ1v) is 10.6. The largest absolute Gasteiger partial charge is 0.481 e. The van der Waals surface area contributed by atoms with E-state index in [0.717, 1.165) is 29.8 Å². The SMILES string of the molecule is C=C/C=C/C1=[N+](CCCCCC(=O)O)c2ccc(P(=O)(O)O)cc2C1(C)C. The second-order valence-corrected chi connectivity index (χ2v) is 8.81. The van der Waals surface area contributed by atoms with Crippen molar-refractivity contribution in [2.24, 2.45) is 0 Å². The molecule has 0 spiro atoms. The van der Waals surface area contributed by atoms with Crippen LogP contribution in [0.25, 0.3) is 0 Å². The van der Waals surface area contributed by atoms with Gasteiger partial charge in [0.25, 0.3) is 0 Å². The molecule has 0 saturated carbocycles. The molecule has 6 nitrogen and oxygen atoms in total. The van der Waals surface area contributed by atoms with Gasteiger partial charge in [0.2, 0.25) is 5.69 Å². The second kappa shape index (κ2) is 8.34. The Bertz CT molecular complexity index is 848. The Balaban J connectivity index is 2.37. The predicted octanol–water partition coefficient (Wildman–Crippen LogP) is 3.25. The minimum Gasteiger partial charge on any atom is -0.481 e. The van der Waals surface area contributed by atoms with Gasteiger partial charge in [-0.15, -0.1) is 0 Å². The Labute approximate surface area is 159 Å². The molecule has 1 aromatic rings. The molecule has 0 aromatic heterocycles. The maximum atomic E-state index is 11.7. The summed E-state index contributed by atoms with van der Waals surface area (Å²) in [6.07, 6.45) is 7.95. The van der Waals surface area contributed by atoms with Gasteiger partial charge in [0.15, 0.2) is 5.71 Å². The Hall–Kier alpha value is -2.01. The van der Waals surface area contributed by atoms with Crippen LogP contribution < -0.4 is 5.30 Å². The number of hydrogen-bond donors (Lipinski definition) is 3. The number of carbonyl (C=O) groups is 1. The molecule has 3 N–H and O–H groups in total. The smallest absolute Gasteiger partial charge is 0.356 e. The van der Waals surface area contributed by atoms with E-state index < -0.39 is 19.0 Å². The van der Waals surface area contributed by atoms with Gasteiger partial charge in [-0.25, -0.2) is 0 Å². The number of hydrogen-bond acceptors (Lipinski definition) is 2. The topological polar surface area (TPSA) is 97.8 Å². The fourth-order valence-corrected chi connectivity index (χ4v) is 4.03. The molecule has 0 fully saturated rings. The quantitative estimate of drug-likeness (QED) is 0.259. The highest BCUT2D eigenvalue weighted by Crippen LogP contribution is 2.42. The third kappa shape index (κ3) is 4.83. The third-order valence-electron chi connectivity index (χ3n) is 4.87. The number of benzene rings is 1. The first-order chi connectivity index (χ1) is 12.6. The van der Waals surface area contributed by atoms with Crippen LogP contribution in [0, 0.1) is 0 Å². The van der Waals surface area contributed by atoms with Gasteiger partial charge in [0.05, 0.1) is 10.7 Å². The van der Waals surface area contributed by atoms with Crippen LogP contribution in [0.3, 0.4) is 0 Å². The summed E-state index contributed by atoms with van der Waals surface area (Å²) in [5, 5.41) is 8.78. The molecule has 1 aromatic carbocycles. The van der Waals surface area contributed by atoms with Gasteiger partial charge in [-0.3, -0.25) is 9.36 Å². The summed E-state index contributed by atoms with van der Waals surface area (Å²) in [4.78, 5) is 29.7. The summed E-state index contributed by atoms with van der Waals surface area (Å²) < 4.78 is 13.8. The van der Waals surface area contributed by atoms with Crippen LogP contribution in [0.5, 0.6) is 0 Å². The van der Waals surface area contributed by atoms with E-state index in [9.17, 15) is 19.1 Å². The summed E-state index contributed by atoms with van der Waals surface area (Å²) in [5.41, 5.74) is 2.41. The molecule has 146 valence electrons. The van der Waals surface area contributed by atoms with Crippen LogP contribution in [0.15, 0.2) is 43.0 Å². The van der Waals surface area contributed by atoms with Crippen LogP contribution in [-0.2, 0) is 14.8 Å². The van der Waals surface area contributed by atoms with Crippen molar-refractivity contribution in [2.75, 3.05) is 6.54 Å². The van der Waals surface area contributed by atoms with Crippen LogP contribution in [0.1, 0.15) is 45.1 Å². The summed E-state index contributed by atoms with van der Waals surface area (Å²) in [6.45, 7) is 8.49. The average Bonchev–Trinajstić information content (AvgIpc) is 2.78. The van der Waals surface area contributed by atoms with Crippen LogP contribution >= 0.6 is 7.60 Å². The highest BCUT2D eigenvalue weighted by atomic mass is 31.2. The number of carboxylic acids is 1. The highest BCUT2D eigenvalue weighted by molar-refractivity contribution is 7.60. The first-order valence-electron chi connectivity index (χ1n) is 8.95. The average molecular weight is 392 g/mol. The van der Waals surface area contributed by atoms with E-state index in [0.29, 0.717) is 13.0 Å². The molecule has 1 aliphatic rings. The summed E-state index contributed by atoms with van der Waals surface area (Å²) in [6, 6.07) is 4.84. The van der Waals surface area contributed by atoms with E-state index in [4.69, 9.17) is 5.11 Å². The number of aliphatic carboxylic acids is 1. The van der Waals surface area contributed by atoms with Crippen molar-refractivity contribution in [2.45, 2.75) is 44.9 Å².